The molecule has 0 N–H and O–H groups in total. The summed E-state index contributed by atoms with van der Waals surface area (Å²) in [6, 6.07) is 2.28. The van der Waals surface area contributed by atoms with Crippen LogP contribution in [-0.4, -0.2) is 10.9 Å². The van der Waals surface area contributed by atoms with Crippen molar-refractivity contribution in [3.8, 4) is 0 Å². The topological polar surface area (TPSA) is 12.9 Å². The van der Waals surface area contributed by atoms with Crippen molar-refractivity contribution >= 4 is 17.7 Å². The summed E-state index contributed by atoms with van der Waals surface area (Å²) in [6.45, 7) is 0. The van der Waals surface area contributed by atoms with Gasteiger partial charge >= 0.3 is 6.18 Å². The first-order chi connectivity index (χ1) is 6.54. The van der Waals surface area contributed by atoms with Gasteiger partial charge in [-0.25, -0.2) is 0 Å². The van der Waals surface area contributed by atoms with Gasteiger partial charge < -0.3 is 0 Å². The Morgan fingerprint density at radius 2 is 2.07 bits per heavy atom. The highest BCUT2D eigenvalue weighted by Gasteiger charge is 2.30. The number of hydrogen-bond acceptors (Lipinski definition) is 1. The Hall–Kier alpha value is -1.03. The van der Waals surface area contributed by atoms with Crippen LogP contribution < -0.4 is 0 Å². The minimum atomic E-state index is -4.33. The van der Waals surface area contributed by atoms with E-state index in [0.717, 1.165) is 12.3 Å². The van der Waals surface area contributed by atoms with Gasteiger partial charge in [0.2, 0.25) is 0 Å². The average Bonchev–Trinajstić information content (AvgIpc) is 2.14. The molecule has 0 bridgehead atoms. The van der Waals surface area contributed by atoms with Gasteiger partial charge in [0, 0.05) is 12.1 Å². The van der Waals surface area contributed by atoms with Gasteiger partial charge in [-0.05, 0) is 18.2 Å². The fourth-order valence-electron chi connectivity index (χ4n) is 0.837. The van der Waals surface area contributed by atoms with Crippen LogP contribution in [0.15, 0.2) is 24.4 Å². The third-order valence-corrected chi connectivity index (χ3v) is 1.67. The second-order valence-corrected chi connectivity index (χ2v) is 2.83. The van der Waals surface area contributed by atoms with Crippen molar-refractivity contribution in [3.63, 3.8) is 0 Å². The van der Waals surface area contributed by atoms with Crippen molar-refractivity contribution in [3.05, 3.63) is 35.7 Å². The smallest absolute Gasteiger partial charge is 0.256 e. The second-order valence-electron chi connectivity index (χ2n) is 2.53. The first kappa shape index (κ1) is 11.0. The van der Waals surface area contributed by atoms with Gasteiger partial charge in [0.1, 0.15) is 0 Å². The molecule has 76 valence electrons. The molecule has 0 aliphatic rings. The highest BCUT2D eigenvalue weighted by Crippen LogP contribution is 2.28. The first-order valence-electron chi connectivity index (χ1n) is 3.80. The van der Waals surface area contributed by atoms with Crippen LogP contribution in [0.1, 0.15) is 11.3 Å². The van der Waals surface area contributed by atoms with E-state index in [-0.39, 0.29) is 0 Å². The lowest BCUT2D eigenvalue weighted by atomic mass is 10.2. The van der Waals surface area contributed by atoms with Crippen LogP contribution in [0.3, 0.4) is 0 Å². The number of allylic oxidation sites excluding steroid dienone is 1. The predicted molar refractivity (Wildman–Crippen MR) is 49.0 cm³/mol. The van der Waals surface area contributed by atoms with Crippen LogP contribution in [0.2, 0.25) is 0 Å². The van der Waals surface area contributed by atoms with Gasteiger partial charge in [-0.2, -0.15) is 13.2 Å². The van der Waals surface area contributed by atoms with Crippen LogP contribution in [-0.2, 0) is 6.18 Å². The van der Waals surface area contributed by atoms with E-state index in [0.29, 0.717) is 11.6 Å². The Morgan fingerprint density at radius 1 is 1.36 bits per heavy atom. The largest absolute Gasteiger partial charge is 0.417 e. The molecule has 5 heteroatoms. The summed E-state index contributed by atoms with van der Waals surface area (Å²) in [5.41, 5.74) is -0.292. The molecule has 14 heavy (non-hydrogen) atoms. The third-order valence-electron chi connectivity index (χ3n) is 1.49. The lowest BCUT2D eigenvalue weighted by Crippen LogP contribution is -2.05. The zero-order valence-corrected chi connectivity index (χ0v) is 7.81. The number of alkyl halides is 4. The fraction of sp³-hybridized carbons (Fsp3) is 0.222. The van der Waals surface area contributed by atoms with E-state index < -0.39 is 11.7 Å². The van der Waals surface area contributed by atoms with Crippen LogP contribution >= 0.6 is 11.6 Å². The van der Waals surface area contributed by atoms with Gasteiger partial charge in [-0.3, -0.25) is 4.98 Å². The summed E-state index contributed by atoms with van der Waals surface area (Å²) in [6.07, 6.45) is -0.361. The van der Waals surface area contributed by atoms with E-state index in [2.05, 4.69) is 4.98 Å². The zero-order valence-electron chi connectivity index (χ0n) is 7.05. The third kappa shape index (κ3) is 3.03. The summed E-state index contributed by atoms with van der Waals surface area (Å²) >= 11 is 5.36. The number of pyridine rings is 1. The molecule has 0 atom stereocenters. The summed E-state index contributed by atoms with van der Waals surface area (Å²) < 4.78 is 36.3. The van der Waals surface area contributed by atoms with E-state index in [9.17, 15) is 13.2 Å². The number of halogens is 4. The Balaban J connectivity index is 2.84. The molecule has 0 saturated heterocycles. The van der Waals surface area contributed by atoms with Crippen molar-refractivity contribution < 1.29 is 13.2 Å². The van der Waals surface area contributed by atoms with Crippen LogP contribution in [0.25, 0.3) is 6.08 Å². The zero-order chi connectivity index (χ0) is 10.6. The number of aromatic nitrogens is 1. The molecule has 1 rings (SSSR count). The number of hydrogen-bond donors (Lipinski definition) is 0. The van der Waals surface area contributed by atoms with Crippen LogP contribution in [0, 0.1) is 0 Å². The molecule has 0 amide bonds. The highest BCUT2D eigenvalue weighted by atomic mass is 35.5. The van der Waals surface area contributed by atoms with Gasteiger partial charge in [0.15, 0.2) is 0 Å². The Bertz CT molecular complexity index is 316. The normalized spacial score (nSPS) is 12.3. The Morgan fingerprint density at radius 3 is 2.50 bits per heavy atom. The monoisotopic (exact) mass is 221 g/mol. The summed E-state index contributed by atoms with van der Waals surface area (Å²) in [5.74, 6) is 0.308. The molecule has 0 aliphatic heterocycles. The predicted octanol–water partition coefficient (Wildman–Crippen LogP) is 3.35. The van der Waals surface area contributed by atoms with Crippen molar-refractivity contribution in [1.29, 1.82) is 0 Å². The quantitative estimate of drug-likeness (QED) is 0.698. The molecular formula is C9H7ClF3N. The van der Waals surface area contributed by atoms with Gasteiger partial charge in [-0.1, -0.05) is 6.08 Å². The SMILES string of the molecule is FC(F)(F)c1ccc(C=CCCl)nc1. The molecule has 0 radical (unpaired) electrons. The molecule has 1 aromatic rings. The van der Waals surface area contributed by atoms with Crippen LogP contribution in [0.4, 0.5) is 13.2 Å². The van der Waals surface area contributed by atoms with Gasteiger partial charge in [0.25, 0.3) is 0 Å². The maximum absolute atomic E-state index is 12.1. The fourth-order valence-corrected chi connectivity index (χ4v) is 0.926. The molecular weight excluding hydrogens is 215 g/mol. The molecule has 0 spiro atoms. The van der Waals surface area contributed by atoms with Crippen molar-refractivity contribution in [2.45, 2.75) is 6.18 Å². The van der Waals surface area contributed by atoms with E-state index in [1.165, 1.54) is 6.07 Å². The van der Waals surface area contributed by atoms with E-state index in [1.807, 2.05) is 0 Å². The Kier molecular flexibility index (Phi) is 3.52. The molecule has 0 aliphatic carbocycles. The molecule has 0 unspecified atom stereocenters. The molecule has 0 aromatic carbocycles. The summed E-state index contributed by atoms with van der Waals surface area (Å²) in [4.78, 5) is 3.62. The van der Waals surface area contributed by atoms with Gasteiger partial charge in [-0.15, -0.1) is 11.6 Å². The van der Waals surface area contributed by atoms with Crippen LogP contribution in [0.5, 0.6) is 0 Å². The standard InChI is InChI=1S/C9H7ClF3N/c10-5-1-2-8-4-3-7(6-14-8)9(11,12)13/h1-4,6H,5H2. The van der Waals surface area contributed by atoms with Gasteiger partial charge in [0.05, 0.1) is 11.3 Å². The Labute approximate surface area is 84.2 Å². The number of nitrogens with zero attached hydrogens (tertiary/aromatic N) is 1. The first-order valence-corrected chi connectivity index (χ1v) is 4.33. The molecule has 0 fully saturated rings. The second kappa shape index (κ2) is 4.46. The summed E-state index contributed by atoms with van der Waals surface area (Å²) in [5, 5.41) is 0. The van der Waals surface area contributed by atoms with E-state index >= 15 is 0 Å². The molecule has 0 saturated carbocycles. The lowest BCUT2D eigenvalue weighted by molar-refractivity contribution is -0.137. The van der Waals surface area contributed by atoms with Crippen molar-refractivity contribution in [2.24, 2.45) is 0 Å². The maximum atomic E-state index is 12.1. The molecule has 1 heterocycles. The molecule has 1 aromatic heterocycles. The highest BCUT2D eigenvalue weighted by molar-refractivity contribution is 6.19. The summed E-state index contributed by atoms with van der Waals surface area (Å²) in [7, 11) is 0. The minimum Gasteiger partial charge on any atom is -0.256 e. The van der Waals surface area contributed by atoms with Crippen molar-refractivity contribution in [1.82, 2.24) is 4.98 Å². The maximum Gasteiger partial charge on any atom is 0.417 e. The van der Waals surface area contributed by atoms with E-state index in [1.54, 1.807) is 12.2 Å². The molecule has 1 nitrogen and oxygen atoms in total. The average molecular weight is 222 g/mol. The minimum absolute atomic E-state index is 0.308. The number of rotatable bonds is 2. The van der Waals surface area contributed by atoms with E-state index in [4.69, 9.17) is 11.6 Å². The van der Waals surface area contributed by atoms with Crippen molar-refractivity contribution in [2.75, 3.05) is 5.88 Å². The lowest BCUT2D eigenvalue weighted by Gasteiger charge is -2.04.